The molecule has 2 rings (SSSR count). The van der Waals surface area contributed by atoms with Crippen LogP contribution in [0.5, 0.6) is 0 Å². The fourth-order valence-corrected chi connectivity index (χ4v) is 4.22. The van der Waals surface area contributed by atoms with Crippen LogP contribution in [0.1, 0.15) is 24.2 Å². The summed E-state index contributed by atoms with van der Waals surface area (Å²) in [5, 5.41) is 4.84. The number of hydrogen-bond acceptors (Lipinski definition) is 5. The van der Waals surface area contributed by atoms with Gasteiger partial charge in [0, 0.05) is 12.7 Å². The predicted octanol–water partition coefficient (Wildman–Crippen LogP) is 1.90. The number of thiophene rings is 1. The molecule has 5 nitrogen and oxygen atoms in total. The molecule has 0 aliphatic rings. The monoisotopic (exact) mass is 311 g/mol. The van der Waals surface area contributed by atoms with E-state index >= 15 is 0 Å². The van der Waals surface area contributed by atoms with Gasteiger partial charge in [-0.3, -0.25) is 4.98 Å². The van der Waals surface area contributed by atoms with Crippen molar-refractivity contribution in [1.82, 2.24) is 15.0 Å². The first-order chi connectivity index (χ1) is 9.53. The molecule has 0 bridgehead atoms. The molecule has 0 radical (unpaired) electrons. The average molecular weight is 311 g/mol. The first-order valence-electron chi connectivity index (χ1n) is 6.18. The molecule has 0 spiro atoms. The minimum Gasteiger partial charge on any atom is -0.316 e. The van der Waals surface area contributed by atoms with Gasteiger partial charge in [-0.15, -0.1) is 11.3 Å². The van der Waals surface area contributed by atoms with E-state index < -0.39 is 10.0 Å². The van der Waals surface area contributed by atoms with Crippen LogP contribution in [-0.4, -0.2) is 20.4 Å². The summed E-state index contributed by atoms with van der Waals surface area (Å²) in [7, 11) is -1.68. The standard InChI is InChI=1S/C13H17N3O2S2/c1-10(12-5-3-4-6-15-12)16-20(17,18)13-7-11(8-14-2)9-19-13/h3-7,9-10,14,16H,8H2,1-2H3. The Bertz CT molecular complexity index is 653. The molecule has 0 fully saturated rings. The molecule has 2 heterocycles. The van der Waals surface area contributed by atoms with Gasteiger partial charge in [-0.25, -0.2) is 13.1 Å². The topological polar surface area (TPSA) is 71.1 Å². The Kier molecular flexibility index (Phi) is 4.87. The van der Waals surface area contributed by atoms with Gasteiger partial charge in [0.05, 0.1) is 11.7 Å². The van der Waals surface area contributed by atoms with E-state index in [1.54, 1.807) is 31.3 Å². The maximum atomic E-state index is 12.3. The van der Waals surface area contributed by atoms with E-state index in [0.717, 1.165) is 5.56 Å². The first-order valence-corrected chi connectivity index (χ1v) is 8.54. The number of pyridine rings is 1. The van der Waals surface area contributed by atoms with Crippen molar-refractivity contribution in [3.63, 3.8) is 0 Å². The Hall–Kier alpha value is -1.28. The molecular weight excluding hydrogens is 294 g/mol. The van der Waals surface area contributed by atoms with Gasteiger partial charge < -0.3 is 5.32 Å². The van der Waals surface area contributed by atoms with Crippen molar-refractivity contribution in [1.29, 1.82) is 0 Å². The number of rotatable bonds is 6. The third-order valence-corrected chi connectivity index (χ3v) is 5.77. The Labute approximate surface area is 123 Å². The number of aromatic nitrogens is 1. The van der Waals surface area contributed by atoms with Gasteiger partial charge in [-0.2, -0.15) is 0 Å². The van der Waals surface area contributed by atoms with Crippen molar-refractivity contribution in [3.05, 3.63) is 47.1 Å². The zero-order valence-corrected chi connectivity index (χ0v) is 13.0. The highest BCUT2D eigenvalue weighted by Gasteiger charge is 2.20. The summed E-state index contributed by atoms with van der Waals surface area (Å²) >= 11 is 1.22. The molecule has 0 saturated heterocycles. The van der Waals surface area contributed by atoms with E-state index in [0.29, 0.717) is 16.4 Å². The van der Waals surface area contributed by atoms with Crippen LogP contribution in [0.15, 0.2) is 40.1 Å². The van der Waals surface area contributed by atoms with Gasteiger partial charge in [0.15, 0.2) is 0 Å². The highest BCUT2D eigenvalue weighted by atomic mass is 32.2. The highest BCUT2D eigenvalue weighted by Crippen LogP contribution is 2.22. The van der Waals surface area contributed by atoms with Crippen LogP contribution in [-0.2, 0) is 16.6 Å². The van der Waals surface area contributed by atoms with Crippen molar-refractivity contribution in [2.75, 3.05) is 7.05 Å². The van der Waals surface area contributed by atoms with Crippen LogP contribution >= 0.6 is 11.3 Å². The Morgan fingerprint density at radius 1 is 1.40 bits per heavy atom. The second-order valence-corrected chi connectivity index (χ2v) is 7.25. The zero-order chi connectivity index (χ0) is 14.6. The van der Waals surface area contributed by atoms with Crippen LogP contribution in [0, 0.1) is 0 Å². The lowest BCUT2D eigenvalue weighted by atomic mass is 10.2. The Morgan fingerprint density at radius 3 is 2.85 bits per heavy atom. The molecule has 0 aliphatic heterocycles. The molecule has 0 aromatic carbocycles. The average Bonchev–Trinajstić information content (AvgIpc) is 2.89. The summed E-state index contributed by atoms with van der Waals surface area (Å²) in [4.78, 5) is 4.16. The molecule has 1 atom stereocenters. The molecule has 2 aromatic rings. The van der Waals surface area contributed by atoms with Gasteiger partial charge in [-0.1, -0.05) is 6.07 Å². The number of hydrogen-bond donors (Lipinski definition) is 2. The molecule has 20 heavy (non-hydrogen) atoms. The van der Waals surface area contributed by atoms with Crippen molar-refractivity contribution < 1.29 is 8.42 Å². The second-order valence-electron chi connectivity index (χ2n) is 4.40. The largest absolute Gasteiger partial charge is 0.316 e. The zero-order valence-electron chi connectivity index (χ0n) is 11.3. The first kappa shape index (κ1) is 15.1. The Balaban J connectivity index is 2.14. The van der Waals surface area contributed by atoms with Gasteiger partial charge in [-0.05, 0) is 43.1 Å². The van der Waals surface area contributed by atoms with Crippen LogP contribution in [0.2, 0.25) is 0 Å². The van der Waals surface area contributed by atoms with Crippen LogP contribution < -0.4 is 10.0 Å². The highest BCUT2D eigenvalue weighted by molar-refractivity contribution is 7.91. The van der Waals surface area contributed by atoms with Crippen molar-refractivity contribution in [2.24, 2.45) is 0 Å². The molecule has 1 unspecified atom stereocenters. The molecule has 0 aliphatic carbocycles. The maximum Gasteiger partial charge on any atom is 0.250 e. The van der Waals surface area contributed by atoms with Gasteiger partial charge in [0.25, 0.3) is 10.0 Å². The SMILES string of the molecule is CNCc1csc(S(=O)(=O)NC(C)c2ccccn2)c1. The molecule has 7 heteroatoms. The molecule has 108 valence electrons. The number of sulfonamides is 1. The minimum atomic E-state index is -3.50. The fraction of sp³-hybridized carbons (Fsp3) is 0.308. The van der Waals surface area contributed by atoms with Gasteiger partial charge in [0.2, 0.25) is 0 Å². The molecule has 2 aromatic heterocycles. The number of nitrogens with one attached hydrogen (secondary N) is 2. The van der Waals surface area contributed by atoms with Crippen molar-refractivity contribution in [3.8, 4) is 0 Å². The van der Waals surface area contributed by atoms with Crippen LogP contribution in [0.25, 0.3) is 0 Å². The van der Waals surface area contributed by atoms with Gasteiger partial charge >= 0.3 is 0 Å². The quantitative estimate of drug-likeness (QED) is 0.855. The fourth-order valence-electron chi connectivity index (χ4n) is 1.77. The lowest BCUT2D eigenvalue weighted by Gasteiger charge is -2.12. The molecule has 2 N–H and O–H groups in total. The van der Waals surface area contributed by atoms with E-state index in [1.807, 2.05) is 18.5 Å². The lowest BCUT2D eigenvalue weighted by molar-refractivity contribution is 0.566. The van der Waals surface area contributed by atoms with E-state index in [-0.39, 0.29) is 6.04 Å². The smallest absolute Gasteiger partial charge is 0.250 e. The van der Waals surface area contributed by atoms with E-state index in [1.165, 1.54) is 11.3 Å². The predicted molar refractivity (Wildman–Crippen MR) is 80.1 cm³/mol. The summed E-state index contributed by atoms with van der Waals surface area (Å²) in [5.74, 6) is 0. The lowest BCUT2D eigenvalue weighted by Crippen LogP contribution is -2.26. The van der Waals surface area contributed by atoms with E-state index in [9.17, 15) is 8.42 Å². The van der Waals surface area contributed by atoms with E-state index in [2.05, 4.69) is 15.0 Å². The normalized spacial score (nSPS) is 13.3. The van der Waals surface area contributed by atoms with Crippen molar-refractivity contribution >= 4 is 21.4 Å². The van der Waals surface area contributed by atoms with E-state index in [4.69, 9.17) is 0 Å². The maximum absolute atomic E-state index is 12.3. The molecule has 0 saturated carbocycles. The van der Waals surface area contributed by atoms with Crippen LogP contribution in [0.4, 0.5) is 0 Å². The number of nitrogens with zero attached hydrogens (tertiary/aromatic N) is 1. The summed E-state index contributed by atoms with van der Waals surface area (Å²) in [5.41, 5.74) is 1.66. The van der Waals surface area contributed by atoms with Crippen LogP contribution in [0.3, 0.4) is 0 Å². The molecule has 0 amide bonds. The molecular formula is C13H17N3O2S2. The Morgan fingerprint density at radius 2 is 2.20 bits per heavy atom. The third kappa shape index (κ3) is 3.63. The summed E-state index contributed by atoms with van der Waals surface area (Å²) in [6, 6.07) is 6.76. The van der Waals surface area contributed by atoms with Gasteiger partial charge in [0.1, 0.15) is 4.21 Å². The summed E-state index contributed by atoms with van der Waals surface area (Å²) in [6.45, 7) is 2.43. The summed E-state index contributed by atoms with van der Waals surface area (Å²) in [6.07, 6.45) is 1.65. The minimum absolute atomic E-state index is 0.325. The third-order valence-electron chi connectivity index (χ3n) is 2.74. The summed E-state index contributed by atoms with van der Waals surface area (Å²) < 4.78 is 27.5. The second kappa shape index (κ2) is 6.45. The van der Waals surface area contributed by atoms with Crippen molar-refractivity contribution in [2.45, 2.75) is 23.7 Å².